The maximum atomic E-state index is 12.5. The van der Waals surface area contributed by atoms with E-state index in [1.54, 1.807) is 25.1 Å². The van der Waals surface area contributed by atoms with E-state index in [1.165, 1.54) is 17.7 Å². The van der Waals surface area contributed by atoms with Crippen molar-refractivity contribution in [3.8, 4) is 5.75 Å². The van der Waals surface area contributed by atoms with Crippen molar-refractivity contribution in [3.63, 3.8) is 0 Å². The smallest absolute Gasteiger partial charge is 0.261 e. The fraction of sp³-hybridized carbons (Fsp3) is 0.250. The van der Waals surface area contributed by atoms with Crippen LogP contribution in [0, 0.1) is 6.92 Å². The van der Waals surface area contributed by atoms with Crippen LogP contribution in [-0.4, -0.2) is 13.5 Å². The third-order valence-corrected chi connectivity index (χ3v) is 5.20. The first-order chi connectivity index (χ1) is 9.95. The standard InChI is InChI=1S/C16H17NO3S/c1-11-9-14(18)6-8-16(11)17-21(19,20)15-7-5-12-3-2-4-13(12)10-15/h5-10,17-18H,2-4H2,1H3. The molecule has 4 nitrogen and oxygen atoms in total. The van der Waals surface area contributed by atoms with Crippen LogP contribution in [0.25, 0.3) is 0 Å². The number of benzene rings is 2. The van der Waals surface area contributed by atoms with Crippen LogP contribution in [0.5, 0.6) is 5.75 Å². The fourth-order valence-corrected chi connectivity index (χ4v) is 3.86. The Morgan fingerprint density at radius 1 is 1.05 bits per heavy atom. The first-order valence-corrected chi connectivity index (χ1v) is 8.38. The number of aromatic hydroxyl groups is 1. The quantitative estimate of drug-likeness (QED) is 0.857. The van der Waals surface area contributed by atoms with Gasteiger partial charge in [0.15, 0.2) is 0 Å². The van der Waals surface area contributed by atoms with Crippen molar-refractivity contribution in [2.24, 2.45) is 0 Å². The van der Waals surface area contributed by atoms with Crippen molar-refractivity contribution in [3.05, 3.63) is 53.1 Å². The van der Waals surface area contributed by atoms with Gasteiger partial charge in [-0.25, -0.2) is 8.42 Å². The molecule has 0 saturated heterocycles. The molecule has 2 aromatic carbocycles. The van der Waals surface area contributed by atoms with Crippen LogP contribution in [0.3, 0.4) is 0 Å². The van der Waals surface area contributed by atoms with Gasteiger partial charge in [-0.2, -0.15) is 0 Å². The first-order valence-electron chi connectivity index (χ1n) is 6.90. The number of hydrogen-bond donors (Lipinski definition) is 2. The van der Waals surface area contributed by atoms with E-state index >= 15 is 0 Å². The molecule has 21 heavy (non-hydrogen) atoms. The molecule has 0 heterocycles. The summed E-state index contributed by atoms with van der Waals surface area (Å²) in [5, 5.41) is 9.38. The minimum absolute atomic E-state index is 0.118. The van der Waals surface area contributed by atoms with Gasteiger partial charge >= 0.3 is 0 Å². The lowest BCUT2D eigenvalue weighted by atomic mass is 10.1. The van der Waals surface area contributed by atoms with Crippen molar-refractivity contribution >= 4 is 15.7 Å². The summed E-state index contributed by atoms with van der Waals surface area (Å²) in [4.78, 5) is 0.288. The highest BCUT2D eigenvalue weighted by Crippen LogP contribution is 2.27. The Kier molecular flexibility index (Phi) is 3.37. The molecule has 5 heteroatoms. The van der Waals surface area contributed by atoms with E-state index in [-0.39, 0.29) is 10.6 Å². The van der Waals surface area contributed by atoms with E-state index in [9.17, 15) is 13.5 Å². The molecule has 1 aliphatic carbocycles. The molecule has 0 aromatic heterocycles. The van der Waals surface area contributed by atoms with E-state index in [2.05, 4.69) is 4.72 Å². The summed E-state index contributed by atoms with van der Waals surface area (Å²) in [6, 6.07) is 9.88. The number of hydrogen-bond acceptors (Lipinski definition) is 3. The highest BCUT2D eigenvalue weighted by atomic mass is 32.2. The molecule has 0 saturated carbocycles. The van der Waals surface area contributed by atoms with Crippen molar-refractivity contribution in [2.75, 3.05) is 4.72 Å². The van der Waals surface area contributed by atoms with Gasteiger partial charge in [0.05, 0.1) is 10.6 Å². The number of phenols is 1. The highest BCUT2D eigenvalue weighted by Gasteiger charge is 2.19. The van der Waals surface area contributed by atoms with Crippen LogP contribution in [0.1, 0.15) is 23.1 Å². The molecule has 1 aliphatic rings. The van der Waals surface area contributed by atoms with Gasteiger partial charge in [0.25, 0.3) is 10.0 Å². The lowest BCUT2D eigenvalue weighted by molar-refractivity contribution is 0.475. The predicted octanol–water partition coefficient (Wildman–Crippen LogP) is 2.99. The molecule has 0 spiro atoms. The zero-order chi connectivity index (χ0) is 15.0. The van der Waals surface area contributed by atoms with Crippen LogP contribution in [0.2, 0.25) is 0 Å². The van der Waals surface area contributed by atoms with Crippen LogP contribution in [0.15, 0.2) is 41.3 Å². The monoisotopic (exact) mass is 303 g/mol. The molecule has 0 radical (unpaired) electrons. The summed E-state index contributed by atoms with van der Waals surface area (Å²) in [5.41, 5.74) is 3.53. The summed E-state index contributed by atoms with van der Waals surface area (Å²) >= 11 is 0. The Labute approximate surface area is 124 Å². The molecule has 0 unspecified atom stereocenters. The van der Waals surface area contributed by atoms with E-state index in [0.29, 0.717) is 11.3 Å². The van der Waals surface area contributed by atoms with E-state index in [4.69, 9.17) is 0 Å². The maximum Gasteiger partial charge on any atom is 0.261 e. The average Bonchev–Trinajstić information content (AvgIpc) is 2.89. The van der Waals surface area contributed by atoms with Gasteiger partial charge < -0.3 is 5.11 Å². The summed E-state index contributed by atoms with van der Waals surface area (Å²) in [6.45, 7) is 1.75. The molecule has 2 aromatic rings. The normalized spacial score (nSPS) is 14.0. The zero-order valence-corrected chi connectivity index (χ0v) is 12.6. The van der Waals surface area contributed by atoms with Crippen LogP contribution < -0.4 is 4.72 Å². The molecule has 2 N–H and O–H groups in total. The van der Waals surface area contributed by atoms with E-state index in [1.807, 2.05) is 6.07 Å². The van der Waals surface area contributed by atoms with Gasteiger partial charge in [0, 0.05) is 0 Å². The third kappa shape index (κ3) is 2.74. The number of fused-ring (bicyclic) bond motifs is 1. The Balaban J connectivity index is 1.93. The van der Waals surface area contributed by atoms with Crippen molar-refractivity contribution in [1.29, 1.82) is 0 Å². The van der Waals surface area contributed by atoms with Gasteiger partial charge in [-0.3, -0.25) is 4.72 Å². The molecule has 0 aliphatic heterocycles. The molecule has 0 bridgehead atoms. The highest BCUT2D eigenvalue weighted by molar-refractivity contribution is 7.92. The van der Waals surface area contributed by atoms with Crippen molar-refractivity contribution in [2.45, 2.75) is 31.1 Å². The van der Waals surface area contributed by atoms with Gasteiger partial charge in [-0.05, 0) is 73.2 Å². The van der Waals surface area contributed by atoms with Crippen molar-refractivity contribution in [1.82, 2.24) is 0 Å². The first kappa shape index (κ1) is 13.9. The van der Waals surface area contributed by atoms with Gasteiger partial charge in [-0.15, -0.1) is 0 Å². The number of aryl methyl sites for hydroxylation is 3. The summed E-state index contributed by atoms with van der Waals surface area (Å²) in [7, 11) is -3.60. The lowest BCUT2D eigenvalue weighted by Crippen LogP contribution is -2.14. The minimum Gasteiger partial charge on any atom is -0.508 e. The number of anilines is 1. The Hall–Kier alpha value is -2.01. The second-order valence-electron chi connectivity index (χ2n) is 5.39. The Bertz CT molecular complexity index is 797. The molecule has 3 rings (SSSR count). The molecule has 0 fully saturated rings. The Morgan fingerprint density at radius 2 is 1.81 bits per heavy atom. The van der Waals surface area contributed by atoms with Crippen LogP contribution >= 0.6 is 0 Å². The summed E-state index contributed by atoms with van der Waals surface area (Å²) < 4.78 is 27.5. The SMILES string of the molecule is Cc1cc(O)ccc1NS(=O)(=O)c1ccc2c(c1)CCC2. The van der Waals surface area contributed by atoms with Gasteiger partial charge in [0.2, 0.25) is 0 Å². The lowest BCUT2D eigenvalue weighted by Gasteiger charge is -2.12. The second-order valence-corrected chi connectivity index (χ2v) is 7.07. The summed E-state index contributed by atoms with van der Waals surface area (Å²) in [5.74, 6) is 0.118. The molecule has 0 atom stereocenters. The van der Waals surface area contributed by atoms with Crippen molar-refractivity contribution < 1.29 is 13.5 Å². The van der Waals surface area contributed by atoms with Gasteiger partial charge in [-0.1, -0.05) is 6.07 Å². The second kappa shape index (κ2) is 5.07. The molecular weight excluding hydrogens is 286 g/mol. The summed E-state index contributed by atoms with van der Waals surface area (Å²) in [6.07, 6.45) is 3.06. The third-order valence-electron chi connectivity index (χ3n) is 3.83. The van der Waals surface area contributed by atoms with Gasteiger partial charge in [0.1, 0.15) is 5.75 Å². The van der Waals surface area contributed by atoms with E-state index in [0.717, 1.165) is 24.8 Å². The van der Waals surface area contributed by atoms with Crippen LogP contribution in [0.4, 0.5) is 5.69 Å². The zero-order valence-electron chi connectivity index (χ0n) is 11.8. The van der Waals surface area contributed by atoms with E-state index < -0.39 is 10.0 Å². The number of phenolic OH excluding ortho intramolecular Hbond substituents is 1. The molecule has 0 amide bonds. The number of rotatable bonds is 3. The molecule has 110 valence electrons. The fourth-order valence-electron chi connectivity index (χ4n) is 2.68. The minimum atomic E-state index is -3.60. The largest absolute Gasteiger partial charge is 0.508 e. The number of sulfonamides is 1. The predicted molar refractivity (Wildman–Crippen MR) is 82.1 cm³/mol. The van der Waals surface area contributed by atoms with Crippen LogP contribution in [-0.2, 0) is 22.9 Å². The topological polar surface area (TPSA) is 66.4 Å². The Morgan fingerprint density at radius 3 is 2.57 bits per heavy atom. The molecular formula is C16H17NO3S. The maximum absolute atomic E-state index is 12.5. The average molecular weight is 303 g/mol. The number of nitrogens with one attached hydrogen (secondary N) is 1.